The SMILES string of the molecule is C=CCN1CC[C@]23c4c5ccc(O)c4OC2C(=O)CC[C@@]3(O)[C@H]1C5.CN1CCC2(CC1)NCC(=O)N2Cc1ccccc1.O=C1CN(Cc2ccccc2)C2(CCN(C3CCCCC3)CC2)N1.O=C1CN(Cc2ccccc2)C2(CCN(S(=O)(=O)c3cc(Cl)cc(Cl)c3O)CC2)N1.O=C1CNC2(CCNCC2)N1Cc1ccccc1. The molecule has 614 valence electrons. The lowest BCUT2D eigenvalue weighted by atomic mass is 9.49. The molecular weight excluding hydrogens is 1520 g/mol. The van der Waals surface area contributed by atoms with Crippen LogP contribution in [0.4, 0.5) is 0 Å². The second-order valence-corrected chi connectivity index (χ2v) is 36.4. The molecule has 2 saturated carbocycles. The monoisotopic (exact) mass is 1630 g/mol. The van der Waals surface area contributed by atoms with Crippen LogP contribution in [-0.2, 0) is 72.0 Å². The molecule has 3 aliphatic carbocycles. The predicted molar refractivity (Wildman–Crippen MR) is 441 cm³/mol. The van der Waals surface area contributed by atoms with Gasteiger partial charge in [-0.15, -0.1) is 6.58 Å². The van der Waals surface area contributed by atoms with Crippen molar-refractivity contribution in [3.8, 4) is 17.2 Å². The molecule has 4 atom stereocenters. The zero-order valence-corrected chi connectivity index (χ0v) is 68.3. The van der Waals surface area contributed by atoms with E-state index in [0.717, 1.165) is 127 Å². The van der Waals surface area contributed by atoms with E-state index in [9.17, 15) is 47.7 Å². The van der Waals surface area contributed by atoms with E-state index in [-0.39, 0.29) is 92.8 Å². The number of ketones is 1. The van der Waals surface area contributed by atoms with E-state index in [2.05, 4.69) is 124 Å². The first-order chi connectivity index (χ1) is 55.5. The fourth-order valence-electron chi connectivity index (χ4n) is 20.9. The van der Waals surface area contributed by atoms with Crippen molar-refractivity contribution < 1.29 is 52.4 Å². The number of ether oxygens (including phenoxy) is 1. The number of phenols is 2. The van der Waals surface area contributed by atoms with Crippen molar-refractivity contribution in [3.05, 3.63) is 202 Å². The van der Waals surface area contributed by atoms with Crippen LogP contribution in [0.2, 0.25) is 10.0 Å². The third kappa shape index (κ3) is 16.6. The average molecular weight is 1630 g/mol. The van der Waals surface area contributed by atoms with Gasteiger partial charge in [-0.25, -0.2) is 8.42 Å². The second-order valence-electron chi connectivity index (χ2n) is 33.6. The smallest absolute Gasteiger partial charge is 0.246 e. The van der Waals surface area contributed by atoms with Crippen molar-refractivity contribution >= 4 is 62.6 Å². The first-order valence-electron chi connectivity index (χ1n) is 41.3. The Balaban J connectivity index is 0.000000114. The van der Waals surface area contributed by atoms with E-state index < -0.39 is 38.6 Å². The van der Waals surface area contributed by atoms with Crippen LogP contribution in [0, 0.1) is 0 Å². The van der Waals surface area contributed by atoms with E-state index >= 15 is 0 Å². The Morgan fingerprint density at radius 1 is 0.583 bits per heavy atom. The highest BCUT2D eigenvalue weighted by molar-refractivity contribution is 7.89. The van der Waals surface area contributed by atoms with Gasteiger partial charge in [0.15, 0.2) is 29.1 Å². The highest BCUT2D eigenvalue weighted by Gasteiger charge is 2.73. The van der Waals surface area contributed by atoms with Gasteiger partial charge in [-0.05, 0) is 150 Å². The molecule has 13 aliphatic rings. The number of hydrogen-bond donors (Lipinski definition) is 8. The summed E-state index contributed by atoms with van der Waals surface area (Å²) in [6.07, 6.45) is 17.3. The Labute approximate surface area is 685 Å². The second kappa shape index (κ2) is 34.6. The van der Waals surface area contributed by atoms with Crippen LogP contribution >= 0.6 is 23.2 Å². The summed E-state index contributed by atoms with van der Waals surface area (Å²) in [5, 5.41) is 48.9. The molecule has 115 heavy (non-hydrogen) atoms. The number of benzene rings is 6. The Kier molecular flexibility index (Phi) is 24.7. The minimum Gasteiger partial charge on any atom is -0.505 e. The van der Waals surface area contributed by atoms with Crippen LogP contribution in [0.5, 0.6) is 17.2 Å². The minimum absolute atomic E-state index is 0.0408. The van der Waals surface area contributed by atoms with Crippen molar-refractivity contribution in [2.24, 2.45) is 0 Å². The summed E-state index contributed by atoms with van der Waals surface area (Å²) < 4.78 is 33.5. The van der Waals surface area contributed by atoms with Gasteiger partial charge in [0.25, 0.3) is 0 Å². The molecule has 0 aromatic heterocycles. The number of rotatable bonds is 13. The summed E-state index contributed by atoms with van der Waals surface area (Å²) in [5.74, 6) is 0.592. The molecule has 6 aromatic carbocycles. The Hall–Kier alpha value is -7.86. The zero-order valence-electron chi connectivity index (χ0n) is 66.0. The van der Waals surface area contributed by atoms with Crippen LogP contribution < -0.4 is 31.3 Å². The van der Waals surface area contributed by atoms with E-state index in [1.54, 1.807) is 6.07 Å². The molecule has 2 bridgehead atoms. The van der Waals surface area contributed by atoms with Gasteiger partial charge in [-0.3, -0.25) is 49.3 Å². The Bertz CT molecular complexity index is 4600. The van der Waals surface area contributed by atoms with Crippen LogP contribution in [0.25, 0.3) is 0 Å². The van der Waals surface area contributed by atoms with Crippen molar-refractivity contribution in [1.29, 1.82) is 0 Å². The van der Waals surface area contributed by atoms with Gasteiger partial charge < -0.3 is 55.6 Å². The molecule has 10 heterocycles. The lowest BCUT2D eigenvalue weighted by molar-refractivity contribution is -0.187. The van der Waals surface area contributed by atoms with E-state index in [1.165, 1.54) is 65.2 Å². The Morgan fingerprint density at radius 3 is 1.60 bits per heavy atom. The number of carbonyl (C=O) groups excluding carboxylic acids is 5. The molecule has 10 aliphatic heterocycles. The fourth-order valence-corrected chi connectivity index (χ4v) is 23.0. The molecule has 0 radical (unpaired) electrons. The number of phenolic OH excluding ortho intramolecular Hbond substituents is 2. The summed E-state index contributed by atoms with van der Waals surface area (Å²) in [6, 6.07) is 47.7. The predicted octanol–water partition coefficient (Wildman–Crippen LogP) is 8.59. The third-order valence-corrected chi connectivity index (χ3v) is 29.5. The number of Topliss-reactive ketones (excluding diaryl/α,β-unsaturated/α-hetero) is 1. The first kappa shape index (κ1) is 82.2. The highest BCUT2D eigenvalue weighted by Crippen LogP contribution is 2.65. The number of hydrogen-bond acceptors (Lipinski definition) is 19. The number of nitrogens with zero attached hydrogens (tertiary/aromatic N) is 8. The lowest BCUT2D eigenvalue weighted by Crippen LogP contribution is -2.76. The van der Waals surface area contributed by atoms with Gasteiger partial charge >= 0.3 is 0 Å². The van der Waals surface area contributed by atoms with Crippen molar-refractivity contribution in [2.75, 3.05) is 98.7 Å². The molecule has 8 N–H and O–H groups in total. The van der Waals surface area contributed by atoms with Crippen LogP contribution in [0.3, 0.4) is 0 Å². The number of amides is 4. The molecule has 6 aromatic rings. The Morgan fingerprint density at radius 2 is 1.08 bits per heavy atom. The highest BCUT2D eigenvalue weighted by atomic mass is 35.5. The lowest BCUT2D eigenvalue weighted by Gasteiger charge is -2.62. The van der Waals surface area contributed by atoms with Gasteiger partial charge in [0.05, 0.1) is 64.9 Å². The standard InChI is InChI=1S/C20H21Cl2N3O4S.C20H29N3O.C19H21NO4.C15H21N3O.C14H19N3O/c21-15-10-16(22)19(27)17(11-15)30(28,29)25-8-6-20(7-9-25)23-18(26)13-24(20)12-14-4-2-1-3-5-14;24-19-16-23(15-17-7-3-1-4-8-17)20(21-19)11-13-22(14-12-20)18-9-5-2-6-10-18;1-2-8-20-9-7-18-15-11-3-4-12(21)16(15)24-17(18)13(22)5-6-19(18,23)14(20)10-11;1-17-9-7-15(8-10-17)16-11-14(19)18(15)12-13-5-3-2-4-6-13;18-13-10-16-14(6-8-15-9-7-14)17(13)11-12-4-2-1-3-5-12/h1-5,10-11,27H,6-9,12-13H2,(H,23,26);1,3-4,7-8,18H,2,5-6,9-16H2,(H,21,24);2-4,14,17,21,23H,1,5-10H2;2-6,16H,7-12H2,1H3;1-5,15-16H,6-11H2/t;;14-,17?,18+,19-;;/m..1../s1. The topological polar surface area (TPSA) is 275 Å². The minimum atomic E-state index is -3.99. The summed E-state index contributed by atoms with van der Waals surface area (Å²) in [5.41, 5.74) is 4.12. The maximum Gasteiger partial charge on any atom is 0.246 e. The van der Waals surface area contributed by atoms with Gasteiger partial charge in [0, 0.05) is 108 Å². The first-order valence-corrected chi connectivity index (χ1v) is 43.5. The molecule has 9 saturated heterocycles. The summed E-state index contributed by atoms with van der Waals surface area (Å²) in [7, 11) is -1.85. The summed E-state index contributed by atoms with van der Waals surface area (Å²) in [4.78, 5) is 76.8. The molecule has 11 fully saturated rings. The van der Waals surface area contributed by atoms with Crippen molar-refractivity contribution in [2.45, 2.75) is 192 Å². The van der Waals surface area contributed by atoms with Crippen molar-refractivity contribution in [3.63, 3.8) is 0 Å². The van der Waals surface area contributed by atoms with Gasteiger partial charge in [0.2, 0.25) is 33.7 Å². The zero-order chi connectivity index (χ0) is 80.3. The van der Waals surface area contributed by atoms with E-state index in [0.29, 0.717) is 77.0 Å². The van der Waals surface area contributed by atoms with Crippen LogP contribution in [-0.4, -0.2) is 237 Å². The third-order valence-electron chi connectivity index (χ3n) is 27.1. The fraction of sp³-hybridized carbons (Fsp3) is 0.511. The maximum absolute atomic E-state index is 13.1. The average Bonchev–Trinajstić information content (AvgIpc) is 1.53. The number of sulfonamides is 1. The van der Waals surface area contributed by atoms with Gasteiger partial charge in [0.1, 0.15) is 4.90 Å². The molecule has 24 nitrogen and oxygen atoms in total. The number of likely N-dealkylation sites (tertiary alicyclic amines) is 3. The van der Waals surface area contributed by atoms with Gasteiger partial charge in [-0.1, -0.05) is 176 Å². The molecule has 1 unspecified atom stereocenters. The largest absolute Gasteiger partial charge is 0.505 e. The number of carbonyl (C=O) groups is 5. The number of aromatic hydroxyl groups is 2. The number of piperidine rings is 5. The number of halogens is 2. The molecule has 4 amide bonds. The quantitative estimate of drug-likeness (QED) is 0.0503. The molecule has 5 spiro atoms. The molecular formula is C88H111Cl2N13O11S. The molecule has 27 heteroatoms. The van der Waals surface area contributed by atoms with E-state index in [4.69, 9.17) is 27.9 Å². The van der Waals surface area contributed by atoms with Crippen LogP contribution in [0.15, 0.2) is 163 Å². The van der Waals surface area contributed by atoms with Gasteiger partial charge in [-0.2, -0.15) is 4.31 Å². The molecule has 19 rings (SSSR count). The number of nitrogens with one attached hydrogen (secondary N) is 5. The normalized spacial score (nSPS) is 26.2. The van der Waals surface area contributed by atoms with Crippen molar-refractivity contribution in [1.82, 2.24) is 65.2 Å². The maximum atomic E-state index is 13.1. The van der Waals surface area contributed by atoms with E-state index in [1.807, 2.05) is 83.8 Å². The number of aliphatic hydroxyl groups is 1. The summed E-state index contributed by atoms with van der Waals surface area (Å²) in [6.45, 7) is 16.7. The van der Waals surface area contributed by atoms with Crippen LogP contribution in [0.1, 0.15) is 136 Å². The summed E-state index contributed by atoms with van der Waals surface area (Å²) >= 11 is 11.8.